The predicted molar refractivity (Wildman–Crippen MR) is 62.9 cm³/mol. The van der Waals surface area contributed by atoms with Crippen molar-refractivity contribution in [1.82, 2.24) is 5.16 Å². The highest BCUT2D eigenvalue weighted by Gasteiger charge is 2.13. The van der Waals surface area contributed by atoms with E-state index in [0.717, 1.165) is 21.7 Å². The van der Waals surface area contributed by atoms with Gasteiger partial charge in [0.15, 0.2) is 5.76 Å². The monoisotopic (exact) mass is 227 g/mol. The van der Waals surface area contributed by atoms with E-state index in [9.17, 15) is 4.79 Å². The fourth-order valence-corrected chi connectivity index (χ4v) is 1.99. The Kier molecular flexibility index (Phi) is 2.08. The summed E-state index contributed by atoms with van der Waals surface area (Å²) in [7, 11) is 0. The minimum atomic E-state index is -0.920. The Balaban J connectivity index is 2.31. The fourth-order valence-electron chi connectivity index (χ4n) is 1.99. The lowest BCUT2D eigenvalue weighted by atomic mass is 10.1. The summed E-state index contributed by atoms with van der Waals surface area (Å²) in [5.74, 6) is -0.519. The number of benzene rings is 2. The predicted octanol–water partition coefficient (Wildman–Crippen LogP) is 2.61. The first-order chi connectivity index (χ1) is 8.25. The van der Waals surface area contributed by atoms with E-state index in [1.807, 2.05) is 36.4 Å². The number of aromatic nitrogens is 1. The number of nitrogens with zero attached hydrogens (tertiary/aromatic N) is 1. The molecule has 84 valence electrons. The Morgan fingerprint density at radius 1 is 1.18 bits per heavy atom. The number of hydrogen-bond donors (Lipinski definition) is 1. The Bertz CT molecular complexity index is 715. The highest BCUT2D eigenvalue weighted by molar-refractivity contribution is 6.06. The van der Waals surface area contributed by atoms with Gasteiger partial charge in [0.05, 0.1) is 0 Å². The molecule has 4 nitrogen and oxygen atoms in total. The molecule has 0 amide bonds. The third-order valence-electron chi connectivity index (χ3n) is 2.76. The van der Waals surface area contributed by atoms with Gasteiger partial charge in [-0.25, -0.2) is 0 Å². The molecule has 3 aromatic rings. The van der Waals surface area contributed by atoms with Crippen molar-refractivity contribution in [3.8, 4) is 0 Å². The van der Waals surface area contributed by atoms with Crippen molar-refractivity contribution in [2.45, 2.75) is 6.42 Å². The maximum Gasteiger partial charge on any atom is 0.311 e. The van der Waals surface area contributed by atoms with Crippen LogP contribution in [-0.4, -0.2) is 16.2 Å². The zero-order valence-corrected chi connectivity index (χ0v) is 8.88. The van der Waals surface area contributed by atoms with Gasteiger partial charge in [0.1, 0.15) is 11.9 Å². The van der Waals surface area contributed by atoms with Gasteiger partial charge in [-0.2, -0.15) is 0 Å². The molecule has 0 saturated heterocycles. The molecule has 3 rings (SSSR count). The lowest BCUT2D eigenvalue weighted by Crippen LogP contribution is -1.98. The van der Waals surface area contributed by atoms with E-state index in [4.69, 9.17) is 9.63 Å². The number of carboxylic acid groups (broad SMARTS) is 1. The van der Waals surface area contributed by atoms with E-state index in [1.165, 1.54) is 0 Å². The van der Waals surface area contributed by atoms with Crippen molar-refractivity contribution in [2.75, 3.05) is 0 Å². The zero-order chi connectivity index (χ0) is 11.8. The summed E-state index contributed by atoms with van der Waals surface area (Å²) >= 11 is 0. The summed E-state index contributed by atoms with van der Waals surface area (Å²) in [5.41, 5.74) is 0.722. The van der Waals surface area contributed by atoms with E-state index in [-0.39, 0.29) is 6.42 Å². The van der Waals surface area contributed by atoms with Gasteiger partial charge in [-0.05, 0) is 11.5 Å². The molecule has 0 saturated carbocycles. The van der Waals surface area contributed by atoms with Gasteiger partial charge < -0.3 is 9.63 Å². The third-order valence-corrected chi connectivity index (χ3v) is 2.76. The molecule has 4 heteroatoms. The summed E-state index contributed by atoms with van der Waals surface area (Å²) in [4.78, 5) is 10.7. The molecule has 2 aromatic carbocycles. The standard InChI is InChI=1S/C13H9NO3/c15-12(16)7-11-10-6-5-8-3-1-2-4-9(8)13(10)14-17-11/h1-6H,7H2,(H,15,16). The van der Waals surface area contributed by atoms with Crippen LogP contribution in [0.25, 0.3) is 21.7 Å². The van der Waals surface area contributed by atoms with Crippen molar-refractivity contribution < 1.29 is 14.4 Å². The largest absolute Gasteiger partial charge is 0.481 e. The molecule has 1 heterocycles. The highest BCUT2D eigenvalue weighted by Crippen LogP contribution is 2.27. The second-order valence-electron chi connectivity index (χ2n) is 3.86. The van der Waals surface area contributed by atoms with Crippen LogP contribution in [0.4, 0.5) is 0 Å². The number of carboxylic acids is 1. The van der Waals surface area contributed by atoms with E-state index in [0.29, 0.717) is 5.76 Å². The number of carbonyl (C=O) groups is 1. The summed E-state index contributed by atoms with van der Waals surface area (Å²) in [5, 5.41) is 15.5. The Morgan fingerprint density at radius 2 is 2.00 bits per heavy atom. The average molecular weight is 227 g/mol. The van der Waals surface area contributed by atoms with Crippen LogP contribution in [0, 0.1) is 0 Å². The van der Waals surface area contributed by atoms with Crippen LogP contribution in [0.3, 0.4) is 0 Å². The van der Waals surface area contributed by atoms with Gasteiger partial charge >= 0.3 is 5.97 Å². The average Bonchev–Trinajstić information content (AvgIpc) is 2.72. The Morgan fingerprint density at radius 3 is 2.82 bits per heavy atom. The van der Waals surface area contributed by atoms with Gasteiger partial charge in [-0.15, -0.1) is 0 Å². The first-order valence-corrected chi connectivity index (χ1v) is 5.23. The molecule has 0 aliphatic rings. The van der Waals surface area contributed by atoms with Crippen LogP contribution in [-0.2, 0) is 11.2 Å². The zero-order valence-electron chi connectivity index (χ0n) is 8.88. The van der Waals surface area contributed by atoms with Gasteiger partial charge in [0, 0.05) is 10.8 Å². The Labute approximate surface area is 96.4 Å². The van der Waals surface area contributed by atoms with Crippen molar-refractivity contribution >= 4 is 27.6 Å². The van der Waals surface area contributed by atoms with Crippen molar-refractivity contribution in [2.24, 2.45) is 0 Å². The second-order valence-corrected chi connectivity index (χ2v) is 3.86. The maximum atomic E-state index is 10.7. The van der Waals surface area contributed by atoms with Gasteiger partial charge in [-0.3, -0.25) is 4.79 Å². The van der Waals surface area contributed by atoms with Crippen molar-refractivity contribution in [3.05, 3.63) is 42.2 Å². The normalized spacial score (nSPS) is 11.1. The van der Waals surface area contributed by atoms with Crippen LogP contribution in [0.1, 0.15) is 5.76 Å². The number of hydrogen-bond acceptors (Lipinski definition) is 3. The third kappa shape index (κ3) is 1.54. The number of rotatable bonds is 2. The molecular weight excluding hydrogens is 218 g/mol. The minimum Gasteiger partial charge on any atom is -0.481 e. The van der Waals surface area contributed by atoms with Crippen LogP contribution >= 0.6 is 0 Å². The molecule has 0 spiro atoms. The molecule has 17 heavy (non-hydrogen) atoms. The molecule has 1 aromatic heterocycles. The Hall–Kier alpha value is -2.36. The summed E-state index contributed by atoms with van der Waals surface area (Å²) in [6, 6.07) is 11.6. The molecular formula is C13H9NO3. The lowest BCUT2D eigenvalue weighted by Gasteiger charge is -1.97. The second kappa shape index (κ2) is 3.59. The molecule has 0 unspecified atom stereocenters. The van der Waals surface area contributed by atoms with Crippen molar-refractivity contribution in [1.29, 1.82) is 0 Å². The molecule has 0 radical (unpaired) electrons. The SMILES string of the molecule is O=C(O)Cc1onc2c1ccc1ccccc12. The topological polar surface area (TPSA) is 63.3 Å². The van der Waals surface area contributed by atoms with E-state index in [2.05, 4.69) is 5.16 Å². The van der Waals surface area contributed by atoms with E-state index in [1.54, 1.807) is 0 Å². The van der Waals surface area contributed by atoms with Crippen molar-refractivity contribution in [3.63, 3.8) is 0 Å². The lowest BCUT2D eigenvalue weighted by molar-refractivity contribution is -0.136. The maximum absolute atomic E-state index is 10.7. The first-order valence-electron chi connectivity index (χ1n) is 5.23. The van der Waals surface area contributed by atoms with Gasteiger partial charge in [-0.1, -0.05) is 35.5 Å². The van der Waals surface area contributed by atoms with Crippen LogP contribution in [0.15, 0.2) is 40.9 Å². The van der Waals surface area contributed by atoms with Crippen LogP contribution < -0.4 is 0 Å². The molecule has 0 aliphatic heterocycles. The number of fused-ring (bicyclic) bond motifs is 3. The molecule has 0 atom stereocenters. The smallest absolute Gasteiger partial charge is 0.311 e. The van der Waals surface area contributed by atoms with Crippen LogP contribution in [0.2, 0.25) is 0 Å². The van der Waals surface area contributed by atoms with Gasteiger partial charge in [0.2, 0.25) is 0 Å². The summed E-state index contributed by atoms with van der Waals surface area (Å²) < 4.78 is 5.10. The summed E-state index contributed by atoms with van der Waals surface area (Å²) in [6.45, 7) is 0. The van der Waals surface area contributed by atoms with E-state index >= 15 is 0 Å². The molecule has 0 aliphatic carbocycles. The quantitative estimate of drug-likeness (QED) is 0.730. The first kappa shape index (κ1) is 9.84. The van der Waals surface area contributed by atoms with Crippen LogP contribution in [0.5, 0.6) is 0 Å². The number of aliphatic carboxylic acids is 1. The van der Waals surface area contributed by atoms with E-state index < -0.39 is 5.97 Å². The molecule has 0 bridgehead atoms. The summed E-state index contributed by atoms with van der Waals surface area (Å²) in [6.07, 6.45) is -0.144. The molecule has 0 fully saturated rings. The highest BCUT2D eigenvalue weighted by atomic mass is 16.5. The molecule has 1 N–H and O–H groups in total. The van der Waals surface area contributed by atoms with Gasteiger partial charge in [0.25, 0.3) is 0 Å². The minimum absolute atomic E-state index is 0.144. The fraction of sp³-hybridized carbons (Fsp3) is 0.0769.